The van der Waals surface area contributed by atoms with Gasteiger partial charge in [0.15, 0.2) is 5.11 Å². The van der Waals surface area contributed by atoms with Crippen molar-refractivity contribution in [2.24, 2.45) is 0 Å². The zero-order chi connectivity index (χ0) is 19.1. The first-order chi connectivity index (χ1) is 13.2. The van der Waals surface area contributed by atoms with E-state index in [2.05, 4.69) is 10.3 Å². The number of hydrogen-bond donors (Lipinski definition) is 1. The minimum Gasteiger partial charge on any atom is -0.497 e. The molecule has 4 nitrogen and oxygen atoms in total. The summed E-state index contributed by atoms with van der Waals surface area (Å²) in [5.74, 6) is 0.480. The molecule has 27 heavy (non-hydrogen) atoms. The molecular formula is C21H20FN3OS. The summed E-state index contributed by atoms with van der Waals surface area (Å²) < 4.78 is 19.4. The highest BCUT2D eigenvalue weighted by molar-refractivity contribution is 7.80. The number of ether oxygens (including phenoxy) is 1. The predicted octanol–water partition coefficient (Wildman–Crippen LogP) is 4.63. The Morgan fingerprint density at radius 1 is 1.11 bits per heavy atom. The van der Waals surface area contributed by atoms with Crippen molar-refractivity contribution in [3.05, 3.63) is 90.0 Å². The fourth-order valence-electron chi connectivity index (χ4n) is 2.65. The Morgan fingerprint density at radius 2 is 1.96 bits per heavy atom. The van der Waals surface area contributed by atoms with Crippen LogP contribution in [-0.4, -0.2) is 22.1 Å². The Balaban J connectivity index is 1.81. The SMILES string of the molecule is COc1cccc(NC(=S)N(Cc2cccnc2)Cc2ccccc2F)c1. The van der Waals surface area contributed by atoms with Gasteiger partial charge in [0.25, 0.3) is 0 Å². The predicted molar refractivity (Wildman–Crippen MR) is 109 cm³/mol. The Hall–Kier alpha value is -2.99. The molecule has 138 valence electrons. The van der Waals surface area contributed by atoms with E-state index in [0.29, 0.717) is 23.8 Å². The average Bonchev–Trinajstić information content (AvgIpc) is 2.70. The molecule has 0 amide bonds. The van der Waals surface area contributed by atoms with Gasteiger partial charge in [-0.05, 0) is 42.0 Å². The van der Waals surface area contributed by atoms with Crippen molar-refractivity contribution in [2.45, 2.75) is 13.1 Å². The molecule has 0 fully saturated rings. The number of rotatable bonds is 6. The maximum absolute atomic E-state index is 14.2. The first kappa shape index (κ1) is 18.8. The molecular weight excluding hydrogens is 361 g/mol. The van der Waals surface area contributed by atoms with Crippen LogP contribution in [0, 0.1) is 5.82 Å². The first-order valence-electron chi connectivity index (χ1n) is 8.48. The van der Waals surface area contributed by atoms with Crippen molar-refractivity contribution in [1.82, 2.24) is 9.88 Å². The van der Waals surface area contributed by atoms with Crippen LogP contribution in [0.2, 0.25) is 0 Å². The van der Waals surface area contributed by atoms with Crippen LogP contribution in [0.4, 0.5) is 10.1 Å². The number of anilines is 1. The molecule has 0 radical (unpaired) electrons. The highest BCUT2D eigenvalue weighted by Gasteiger charge is 2.14. The van der Waals surface area contributed by atoms with Gasteiger partial charge in [0, 0.05) is 42.8 Å². The topological polar surface area (TPSA) is 37.4 Å². The summed E-state index contributed by atoms with van der Waals surface area (Å²) in [6, 6.07) is 18.1. The lowest BCUT2D eigenvalue weighted by Crippen LogP contribution is -2.34. The molecule has 2 aromatic carbocycles. The summed E-state index contributed by atoms with van der Waals surface area (Å²) in [5, 5.41) is 3.71. The van der Waals surface area contributed by atoms with Crippen molar-refractivity contribution in [3.63, 3.8) is 0 Å². The van der Waals surface area contributed by atoms with Crippen molar-refractivity contribution >= 4 is 23.0 Å². The van der Waals surface area contributed by atoms with Gasteiger partial charge in [0.05, 0.1) is 7.11 Å². The minimum atomic E-state index is -0.252. The van der Waals surface area contributed by atoms with Crippen LogP contribution in [0.25, 0.3) is 0 Å². The van der Waals surface area contributed by atoms with Gasteiger partial charge in [-0.25, -0.2) is 4.39 Å². The lowest BCUT2D eigenvalue weighted by Gasteiger charge is -2.26. The highest BCUT2D eigenvalue weighted by Crippen LogP contribution is 2.19. The monoisotopic (exact) mass is 381 g/mol. The fraction of sp³-hybridized carbons (Fsp3) is 0.143. The lowest BCUT2D eigenvalue weighted by atomic mass is 10.2. The second-order valence-corrected chi connectivity index (χ2v) is 6.36. The fourth-order valence-corrected chi connectivity index (χ4v) is 2.89. The third-order valence-electron chi connectivity index (χ3n) is 4.02. The molecule has 0 aliphatic rings. The number of nitrogens with one attached hydrogen (secondary N) is 1. The normalized spacial score (nSPS) is 10.3. The van der Waals surface area contributed by atoms with Gasteiger partial charge in [0.1, 0.15) is 11.6 Å². The van der Waals surface area contributed by atoms with Crippen LogP contribution >= 0.6 is 12.2 Å². The number of halogens is 1. The smallest absolute Gasteiger partial charge is 0.174 e. The third kappa shape index (κ3) is 5.24. The van der Waals surface area contributed by atoms with Gasteiger partial charge in [-0.1, -0.05) is 30.3 Å². The van der Waals surface area contributed by atoms with Gasteiger partial charge in [0.2, 0.25) is 0 Å². The van der Waals surface area contributed by atoms with Crippen LogP contribution < -0.4 is 10.1 Å². The summed E-state index contributed by atoms with van der Waals surface area (Å²) >= 11 is 5.61. The van der Waals surface area contributed by atoms with Crippen LogP contribution in [0.3, 0.4) is 0 Å². The largest absolute Gasteiger partial charge is 0.497 e. The first-order valence-corrected chi connectivity index (χ1v) is 8.89. The second-order valence-electron chi connectivity index (χ2n) is 5.97. The minimum absolute atomic E-state index is 0.252. The summed E-state index contributed by atoms with van der Waals surface area (Å²) in [4.78, 5) is 6.05. The van der Waals surface area contributed by atoms with Crippen molar-refractivity contribution < 1.29 is 9.13 Å². The van der Waals surface area contributed by atoms with Gasteiger partial charge < -0.3 is 15.0 Å². The van der Waals surface area contributed by atoms with Crippen LogP contribution in [0.5, 0.6) is 5.75 Å². The van der Waals surface area contributed by atoms with Crippen molar-refractivity contribution in [2.75, 3.05) is 12.4 Å². The number of methoxy groups -OCH3 is 1. The van der Waals surface area contributed by atoms with Crippen molar-refractivity contribution in [1.29, 1.82) is 0 Å². The molecule has 0 atom stereocenters. The quantitative estimate of drug-likeness (QED) is 0.630. The molecule has 3 rings (SSSR count). The Labute approximate surface area is 163 Å². The van der Waals surface area contributed by atoms with E-state index < -0.39 is 0 Å². The number of hydrogen-bond acceptors (Lipinski definition) is 3. The molecule has 0 bridgehead atoms. The second kappa shape index (κ2) is 9.09. The number of thiocarbonyl (C=S) groups is 1. The molecule has 3 aromatic rings. The molecule has 0 aliphatic heterocycles. The number of nitrogens with zero attached hydrogens (tertiary/aromatic N) is 2. The van der Waals surface area contributed by atoms with Gasteiger partial charge >= 0.3 is 0 Å². The van der Waals surface area contributed by atoms with E-state index in [4.69, 9.17) is 17.0 Å². The zero-order valence-electron chi connectivity index (χ0n) is 14.9. The van der Waals surface area contributed by atoms with Gasteiger partial charge in [-0.15, -0.1) is 0 Å². The van der Waals surface area contributed by atoms with E-state index in [1.54, 1.807) is 31.6 Å². The van der Waals surface area contributed by atoms with Crippen LogP contribution in [0.1, 0.15) is 11.1 Å². The third-order valence-corrected chi connectivity index (χ3v) is 4.38. The lowest BCUT2D eigenvalue weighted by molar-refractivity contribution is 0.402. The molecule has 1 heterocycles. The van der Waals surface area contributed by atoms with Crippen LogP contribution in [-0.2, 0) is 13.1 Å². The van der Waals surface area contributed by atoms with Crippen LogP contribution in [0.15, 0.2) is 73.1 Å². The molecule has 0 spiro atoms. The highest BCUT2D eigenvalue weighted by atomic mass is 32.1. The van der Waals surface area contributed by atoms with E-state index in [1.165, 1.54) is 6.07 Å². The van der Waals surface area contributed by atoms with Gasteiger partial charge in [-0.2, -0.15) is 0 Å². The van der Waals surface area contributed by atoms with E-state index in [1.807, 2.05) is 47.4 Å². The standard InChI is InChI=1S/C21H20FN3OS/c1-26-19-9-4-8-18(12-19)24-21(27)25(14-16-6-5-11-23-13-16)15-17-7-2-3-10-20(17)22/h2-13H,14-15H2,1H3,(H,24,27). The maximum atomic E-state index is 14.2. The number of benzene rings is 2. The molecule has 0 unspecified atom stereocenters. The summed E-state index contributed by atoms with van der Waals surface area (Å²) in [6.45, 7) is 0.856. The molecule has 6 heteroatoms. The van der Waals surface area contributed by atoms with E-state index in [0.717, 1.165) is 17.0 Å². The van der Waals surface area contributed by atoms with E-state index in [9.17, 15) is 4.39 Å². The van der Waals surface area contributed by atoms with E-state index in [-0.39, 0.29) is 5.82 Å². The zero-order valence-corrected chi connectivity index (χ0v) is 15.7. The van der Waals surface area contributed by atoms with E-state index >= 15 is 0 Å². The molecule has 0 saturated carbocycles. The van der Waals surface area contributed by atoms with Gasteiger partial charge in [-0.3, -0.25) is 4.98 Å². The molecule has 1 aromatic heterocycles. The molecule has 1 N–H and O–H groups in total. The maximum Gasteiger partial charge on any atom is 0.174 e. The number of aromatic nitrogens is 1. The summed E-state index contributed by atoms with van der Waals surface area (Å²) in [6.07, 6.45) is 3.50. The molecule has 0 saturated heterocycles. The Kier molecular flexibility index (Phi) is 6.33. The summed E-state index contributed by atoms with van der Waals surface area (Å²) in [5.41, 5.74) is 2.38. The molecule has 0 aliphatic carbocycles. The Morgan fingerprint density at radius 3 is 2.70 bits per heavy atom. The average molecular weight is 381 g/mol. The summed E-state index contributed by atoms with van der Waals surface area (Å²) in [7, 11) is 1.62. The van der Waals surface area contributed by atoms with Crippen molar-refractivity contribution in [3.8, 4) is 5.75 Å². The Bertz CT molecular complexity index is 905. The number of pyridine rings is 1.